The molecule has 1 aliphatic heterocycles. The van der Waals surface area contributed by atoms with Crippen LogP contribution in [0.1, 0.15) is 22.0 Å². The molecule has 2 aromatic carbocycles. The number of fused-ring (bicyclic) bond motifs is 1. The van der Waals surface area contributed by atoms with Crippen molar-refractivity contribution >= 4 is 16.7 Å². The molecule has 1 aromatic heterocycles. The fourth-order valence-electron chi connectivity index (χ4n) is 3.92. The van der Waals surface area contributed by atoms with E-state index in [9.17, 15) is 9.90 Å². The highest BCUT2D eigenvalue weighted by atomic mass is 16.3. The van der Waals surface area contributed by atoms with Crippen molar-refractivity contribution in [3.05, 3.63) is 71.9 Å². The Hall–Kier alpha value is -2.47. The van der Waals surface area contributed by atoms with Gasteiger partial charge in [-0.25, -0.2) is 0 Å². The van der Waals surface area contributed by atoms with Gasteiger partial charge in [0.25, 0.3) is 0 Å². The van der Waals surface area contributed by atoms with E-state index in [-0.39, 0.29) is 11.8 Å². The molecule has 1 fully saturated rings. The summed E-state index contributed by atoms with van der Waals surface area (Å²) in [4.78, 5) is 20.9. The normalized spacial score (nSPS) is 18.4. The third-order valence-electron chi connectivity index (χ3n) is 5.49. The Labute approximate surface area is 159 Å². The smallest absolute Gasteiger partial charge is 0.195 e. The zero-order valence-corrected chi connectivity index (χ0v) is 15.5. The van der Waals surface area contributed by atoms with Crippen molar-refractivity contribution in [3.63, 3.8) is 0 Å². The number of aliphatic hydroxyl groups excluding tert-OH is 1. The lowest BCUT2D eigenvalue weighted by molar-refractivity contribution is 0.0227. The Kier molecular flexibility index (Phi) is 5.07. The number of aliphatic hydroxyl groups is 1. The first-order valence-corrected chi connectivity index (χ1v) is 9.41. The number of ketones is 1. The van der Waals surface area contributed by atoms with Crippen molar-refractivity contribution in [3.8, 4) is 0 Å². The lowest BCUT2D eigenvalue weighted by Gasteiger charge is -2.39. The maximum Gasteiger partial charge on any atom is 0.195 e. The second kappa shape index (κ2) is 7.64. The van der Waals surface area contributed by atoms with Crippen molar-refractivity contribution in [2.45, 2.75) is 12.1 Å². The van der Waals surface area contributed by atoms with Gasteiger partial charge in [-0.3, -0.25) is 9.69 Å². The van der Waals surface area contributed by atoms with Crippen LogP contribution >= 0.6 is 0 Å². The number of hydrogen-bond acceptors (Lipinski definition) is 4. The molecule has 27 heavy (non-hydrogen) atoms. The number of Topliss-reactive ketones (excluding diaryl/α,β-unsaturated/α-hetero) is 1. The van der Waals surface area contributed by atoms with E-state index in [0.29, 0.717) is 5.56 Å². The molecule has 140 valence electrons. The van der Waals surface area contributed by atoms with Gasteiger partial charge < -0.3 is 15.0 Å². The van der Waals surface area contributed by atoms with Gasteiger partial charge in [-0.2, -0.15) is 0 Å². The first-order chi connectivity index (χ1) is 13.1. The van der Waals surface area contributed by atoms with Gasteiger partial charge in [-0.15, -0.1) is 0 Å². The van der Waals surface area contributed by atoms with Gasteiger partial charge >= 0.3 is 0 Å². The Morgan fingerprint density at radius 1 is 1.00 bits per heavy atom. The molecule has 0 spiro atoms. The second-order valence-electron chi connectivity index (χ2n) is 7.25. The standard InChI is InChI=1S/C22H25N3O2/c1-24-11-13-25(14-12-24)20(16-7-3-2-4-8-16)22(27)21(26)18-15-23-19-10-6-5-9-17(18)19/h2-10,15,20,22-23,27H,11-14H2,1H3/t20-,22-/m1/s1. The summed E-state index contributed by atoms with van der Waals surface area (Å²) in [6.45, 7) is 3.51. The number of carbonyl (C=O) groups is 1. The van der Waals surface area contributed by atoms with E-state index in [0.717, 1.165) is 42.6 Å². The summed E-state index contributed by atoms with van der Waals surface area (Å²) in [5.41, 5.74) is 2.43. The predicted molar refractivity (Wildman–Crippen MR) is 107 cm³/mol. The molecule has 0 aliphatic carbocycles. The summed E-state index contributed by atoms with van der Waals surface area (Å²) in [5.74, 6) is -0.236. The summed E-state index contributed by atoms with van der Waals surface area (Å²) in [5, 5.41) is 12.0. The fraction of sp³-hybridized carbons (Fsp3) is 0.318. The second-order valence-corrected chi connectivity index (χ2v) is 7.25. The molecule has 2 atom stereocenters. The third-order valence-corrected chi connectivity index (χ3v) is 5.49. The van der Waals surface area contributed by atoms with Crippen LogP contribution in [0.3, 0.4) is 0 Å². The van der Waals surface area contributed by atoms with E-state index < -0.39 is 6.10 Å². The summed E-state index contributed by atoms with van der Waals surface area (Å²) in [7, 11) is 2.10. The molecule has 0 saturated carbocycles. The molecule has 5 heteroatoms. The summed E-state index contributed by atoms with van der Waals surface area (Å²) >= 11 is 0. The Morgan fingerprint density at radius 2 is 1.67 bits per heavy atom. The number of hydrogen-bond donors (Lipinski definition) is 2. The third kappa shape index (κ3) is 3.54. The molecular weight excluding hydrogens is 338 g/mol. The average Bonchev–Trinajstić information content (AvgIpc) is 3.14. The maximum atomic E-state index is 13.2. The van der Waals surface area contributed by atoms with E-state index in [1.165, 1.54) is 0 Å². The topological polar surface area (TPSA) is 59.6 Å². The number of H-pyrrole nitrogens is 1. The number of likely N-dealkylation sites (N-methyl/N-ethyl adjacent to an activating group) is 1. The fourth-order valence-corrected chi connectivity index (χ4v) is 3.92. The van der Waals surface area contributed by atoms with Crippen molar-refractivity contribution < 1.29 is 9.90 Å². The van der Waals surface area contributed by atoms with Crippen molar-refractivity contribution in [2.24, 2.45) is 0 Å². The highest BCUT2D eigenvalue weighted by molar-refractivity contribution is 6.10. The molecule has 1 aliphatic rings. The zero-order chi connectivity index (χ0) is 18.8. The van der Waals surface area contributed by atoms with Crippen LogP contribution in [0.25, 0.3) is 10.9 Å². The number of aromatic nitrogens is 1. The molecular formula is C22H25N3O2. The molecule has 5 nitrogen and oxygen atoms in total. The van der Waals surface area contributed by atoms with Gasteiger partial charge in [0.05, 0.1) is 6.04 Å². The Bertz CT molecular complexity index is 913. The molecule has 1 saturated heterocycles. The predicted octanol–water partition coefficient (Wildman–Crippen LogP) is 2.70. The van der Waals surface area contributed by atoms with Gasteiger partial charge in [-0.05, 0) is 18.7 Å². The van der Waals surface area contributed by atoms with Gasteiger partial charge in [0, 0.05) is 48.8 Å². The van der Waals surface area contributed by atoms with Crippen LogP contribution in [-0.4, -0.2) is 65.0 Å². The Balaban J connectivity index is 1.67. The highest BCUT2D eigenvalue weighted by Gasteiger charge is 2.35. The van der Waals surface area contributed by atoms with E-state index >= 15 is 0 Å². The van der Waals surface area contributed by atoms with E-state index in [2.05, 4.69) is 21.8 Å². The van der Waals surface area contributed by atoms with Gasteiger partial charge in [0.15, 0.2) is 5.78 Å². The van der Waals surface area contributed by atoms with Crippen molar-refractivity contribution in [1.82, 2.24) is 14.8 Å². The number of para-hydroxylation sites is 1. The Morgan fingerprint density at radius 3 is 2.41 bits per heavy atom. The van der Waals surface area contributed by atoms with Crippen LogP contribution in [-0.2, 0) is 0 Å². The van der Waals surface area contributed by atoms with E-state index in [1.54, 1.807) is 6.20 Å². The van der Waals surface area contributed by atoms with Crippen molar-refractivity contribution in [1.29, 1.82) is 0 Å². The largest absolute Gasteiger partial charge is 0.383 e. The minimum Gasteiger partial charge on any atom is -0.383 e. The maximum absolute atomic E-state index is 13.2. The number of carbonyl (C=O) groups excluding carboxylic acids is 1. The van der Waals surface area contributed by atoms with Crippen LogP contribution in [0, 0.1) is 0 Å². The highest BCUT2D eigenvalue weighted by Crippen LogP contribution is 2.29. The number of aromatic amines is 1. The number of benzene rings is 2. The molecule has 0 bridgehead atoms. The van der Waals surface area contributed by atoms with Gasteiger partial charge in [0.2, 0.25) is 0 Å². The lowest BCUT2D eigenvalue weighted by Crippen LogP contribution is -2.50. The molecule has 0 amide bonds. The molecule has 2 N–H and O–H groups in total. The van der Waals surface area contributed by atoms with Gasteiger partial charge in [0.1, 0.15) is 6.10 Å². The van der Waals surface area contributed by atoms with Crippen LogP contribution < -0.4 is 0 Å². The molecule has 2 heterocycles. The summed E-state index contributed by atoms with van der Waals surface area (Å²) in [6, 6.07) is 17.2. The molecule has 3 aromatic rings. The average molecular weight is 363 g/mol. The van der Waals surface area contributed by atoms with Crippen LogP contribution in [0.4, 0.5) is 0 Å². The van der Waals surface area contributed by atoms with Gasteiger partial charge in [-0.1, -0.05) is 48.5 Å². The molecule has 0 unspecified atom stereocenters. The molecule has 0 radical (unpaired) electrons. The SMILES string of the molecule is CN1CCN([C@H](c2ccccc2)[C@@H](O)C(=O)c2c[nH]c3ccccc23)CC1. The first kappa shape index (κ1) is 17.9. The lowest BCUT2D eigenvalue weighted by atomic mass is 9.93. The summed E-state index contributed by atoms with van der Waals surface area (Å²) in [6.07, 6.45) is 0.595. The number of piperazine rings is 1. The van der Waals surface area contributed by atoms with Crippen LogP contribution in [0.2, 0.25) is 0 Å². The first-order valence-electron chi connectivity index (χ1n) is 9.41. The van der Waals surface area contributed by atoms with E-state index in [4.69, 9.17) is 0 Å². The van der Waals surface area contributed by atoms with Crippen molar-refractivity contribution in [2.75, 3.05) is 33.2 Å². The van der Waals surface area contributed by atoms with Crippen LogP contribution in [0.5, 0.6) is 0 Å². The van der Waals surface area contributed by atoms with Crippen LogP contribution in [0.15, 0.2) is 60.8 Å². The van der Waals surface area contributed by atoms with E-state index in [1.807, 2.05) is 54.6 Å². The monoisotopic (exact) mass is 363 g/mol. The number of nitrogens with one attached hydrogen (secondary N) is 1. The zero-order valence-electron chi connectivity index (χ0n) is 15.5. The molecule has 4 rings (SSSR count). The minimum absolute atomic E-state index is 0.236. The minimum atomic E-state index is -1.12. The number of nitrogens with zero attached hydrogens (tertiary/aromatic N) is 2. The number of rotatable bonds is 5. The summed E-state index contributed by atoms with van der Waals surface area (Å²) < 4.78 is 0. The quantitative estimate of drug-likeness (QED) is 0.685.